The zero-order chi connectivity index (χ0) is 22.0. The predicted molar refractivity (Wildman–Crippen MR) is 122 cm³/mol. The molecule has 2 N–H and O–H groups in total. The Morgan fingerprint density at radius 1 is 1.19 bits per heavy atom. The van der Waals surface area contributed by atoms with Gasteiger partial charge >= 0.3 is 5.97 Å². The van der Waals surface area contributed by atoms with Crippen molar-refractivity contribution in [1.82, 2.24) is 19.9 Å². The maximum absolute atomic E-state index is 12.7. The predicted octanol–water partition coefficient (Wildman–Crippen LogP) is 4.06. The summed E-state index contributed by atoms with van der Waals surface area (Å²) in [5, 5.41) is 3.60. The fourth-order valence-corrected chi connectivity index (χ4v) is 5.00. The van der Waals surface area contributed by atoms with E-state index < -0.39 is 5.97 Å². The van der Waals surface area contributed by atoms with Crippen molar-refractivity contribution < 1.29 is 14.3 Å². The minimum Gasteiger partial charge on any atom is -0.465 e. The smallest absolute Gasteiger partial charge is 0.350 e. The molecular weight excluding hydrogens is 434 g/mol. The number of imidazole rings is 1. The van der Waals surface area contributed by atoms with Crippen molar-refractivity contribution in [2.45, 2.75) is 20.0 Å². The van der Waals surface area contributed by atoms with Crippen LogP contribution < -0.4 is 5.32 Å². The first-order valence-corrected chi connectivity index (χ1v) is 11.1. The first-order valence-electron chi connectivity index (χ1n) is 9.50. The van der Waals surface area contributed by atoms with Crippen LogP contribution in [0, 0.1) is 6.92 Å². The van der Waals surface area contributed by atoms with E-state index in [9.17, 15) is 9.59 Å². The van der Waals surface area contributed by atoms with Gasteiger partial charge in [0.15, 0.2) is 0 Å². The number of nitrogens with one attached hydrogen (secondary N) is 2. The van der Waals surface area contributed by atoms with Gasteiger partial charge in [-0.05, 0) is 38.2 Å². The van der Waals surface area contributed by atoms with Gasteiger partial charge in [0, 0.05) is 29.2 Å². The summed E-state index contributed by atoms with van der Waals surface area (Å²) in [6.45, 7) is 3.21. The SMILES string of the molecule is COC(=O)c1sc2nc(CN(C)Cc3ncc[nH]3)ccc2c1NC(=O)c1ccc(C)s1. The Labute approximate surface area is 186 Å². The first kappa shape index (κ1) is 21.2. The Kier molecular flexibility index (Phi) is 6.12. The molecule has 0 saturated heterocycles. The van der Waals surface area contributed by atoms with Crippen LogP contribution >= 0.6 is 22.7 Å². The zero-order valence-corrected chi connectivity index (χ0v) is 18.9. The molecule has 1 amide bonds. The number of hydrogen-bond acceptors (Lipinski definition) is 8. The number of rotatable bonds is 7. The molecule has 0 spiro atoms. The molecule has 0 radical (unpaired) electrons. The number of carbonyl (C=O) groups excluding carboxylic acids is 2. The number of carbonyl (C=O) groups is 2. The average Bonchev–Trinajstić information content (AvgIpc) is 3.48. The van der Waals surface area contributed by atoms with Gasteiger partial charge in [0.1, 0.15) is 15.5 Å². The lowest BCUT2D eigenvalue weighted by Gasteiger charge is -2.14. The molecule has 0 saturated carbocycles. The number of hydrogen-bond donors (Lipinski definition) is 2. The Balaban J connectivity index is 1.62. The van der Waals surface area contributed by atoms with E-state index in [1.807, 2.05) is 32.2 Å². The summed E-state index contributed by atoms with van der Waals surface area (Å²) in [4.78, 5) is 41.8. The van der Waals surface area contributed by atoms with Crippen LogP contribution in [0.15, 0.2) is 36.7 Å². The highest BCUT2D eigenvalue weighted by Crippen LogP contribution is 2.36. The fourth-order valence-electron chi connectivity index (χ4n) is 3.17. The highest BCUT2D eigenvalue weighted by atomic mass is 32.1. The topological polar surface area (TPSA) is 100 Å². The number of methoxy groups -OCH3 is 1. The number of thiophene rings is 2. The maximum atomic E-state index is 12.7. The second-order valence-electron chi connectivity index (χ2n) is 7.03. The molecule has 0 aliphatic heterocycles. The number of nitrogens with zero attached hydrogens (tertiary/aromatic N) is 3. The Bertz CT molecular complexity index is 1230. The number of aromatic amines is 1. The molecular formula is C21H21N5O3S2. The summed E-state index contributed by atoms with van der Waals surface area (Å²) in [6.07, 6.45) is 3.52. The molecule has 0 unspecified atom stereocenters. The van der Waals surface area contributed by atoms with Crippen molar-refractivity contribution >= 4 is 50.5 Å². The molecule has 31 heavy (non-hydrogen) atoms. The van der Waals surface area contributed by atoms with E-state index in [2.05, 4.69) is 20.2 Å². The molecule has 4 rings (SSSR count). The number of ether oxygens (including phenoxy) is 1. The number of esters is 1. The summed E-state index contributed by atoms with van der Waals surface area (Å²) in [6, 6.07) is 7.45. The van der Waals surface area contributed by atoms with Crippen molar-refractivity contribution in [2.75, 3.05) is 19.5 Å². The second-order valence-corrected chi connectivity index (χ2v) is 9.31. The maximum Gasteiger partial charge on any atom is 0.350 e. The van der Waals surface area contributed by atoms with Gasteiger partial charge in [-0.15, -0.1) is 22.7 Å². The quantitative estimate of drug-likeness (QED) is 0.408. The van der Waals surface area contributed by atoms with Crippen LogP contribution in [0.4, 0.5) is 5.69 Å². The molecule has 8 nitrogen and oxygen atoms in total. The molecule has 160 valence electrons. The minimum absolute atomic E-state index is 0.259. The Hall–Kier alpha value is -3.08. The average molecular weight is 456 g/mol. The number of pyridine rings is 1. The molecule has 4 aromatic rings. The van der Waals surface area contributed by atoms with Crippen molar-refractivity contribution in [2.24, 2.45) is 0 Å². The van der Waals surface area contributed by atoms with Crippen LogP contribution in [0.1, 0.15) is 35.7 Å². The van der Waals surface area contributed by atoms with E-state index in [0.29, 0.717) is 38.7 Å². The van der Waals surface area contributed by atoms with E-state index in [0.717, 1.165) is 16.4 Å². The van der Waals surface area contributed by atoms with Gasteiger partial charge in [0.2, 0.25) is 0 Å². The van der Waals surface area contributed by atoms with E-state index in [-0.39, 0.29) is 5.91 Å². The number of aromatic nitrogens is 3. The fraction of sp³-hybridized carbons (Fsp3) is 0.238. The standard InChI is InChI=1S/C21H21N5O3S2/c1-12-4-7-15(30-12)19(27)25-17-14-6-5-13(10-26(2)11-16-22-8-9-23-16)24-20(14)31-18(17)21(28)29-3/h4-9H,10-11H2,1-3H3,(H,22,23)(H,25,27). The third kappa shape index (κ3) is 4.66. The van der Waals surface area contributed by atoms with Gasteiger partial charge in [0.05, 0.1) is 29.9 Å². The summed E-state index contributed by atoms with van der Waals surface area (Å²) >= 11 is 2.61. The molecule has 4 heterocycles. The van der Waals surface area contributed by atoms with Gasteiger partial charge in [0.25, 0.3) is 5.91 Å². The lowest BCUT2D eigenvalue weighted by atomic mass is 10.2. The van der Waals surface area contributed by atoms with E-state index in [4.69, 9.17) is 9.72 Å². The van der Waals surface area contributed by atoms with Crippen molar-refractivity contribution in [3.8, 4) is 0 Å². The Morgan fingerprint density at radius 2 is 2.03 bits per heavy atom. The van der Waals surface area contributed by atoms with Crippen molar-refractivity contribution in [1.29, 1.82) is 0 Å². The molecule has 0 aliphatic rings. The number of H-pyrrole nitrogens is 1. The largest absolute Gasteiger partial charge is 0.465 e. The number of fused-ring (bicyclic) bond motifs is 1. The van der Waals surface area contributed by atoms with Gasteiger partial charge in [-0.25, -0.2) is 14.8 Å². The molecule has 10 heteroatoms. The number of anilines is 1. The third-order valence-corrected chi connectivity index (χ3v) is 6.67. The molecule has 0 fully saturated rings. The monoisotopic (exact) mass is 455 g/mol. The molecule has 0 bridgehead atoms. The van der Waals surface area contributed by atoms with E-state index in [1.165, 1.54) is 29.8 Å². The number of amides is 1. The summed E-state index contributed by atoms with van der Waals surface area (Å²) in [7, 11) is 3.31. The molecule has 4 aromatic heterocycles. The normalized spacial score (nSPS) is 11.2. The Morgan fingerprint density at radius 3 is 2.71 bits per heavy atom. The van der Waals surface area contributed by atoms with Crippen LogP contribution in [0.25, 0.3) is 10.2 Å². The van der Waals surface area contributed by atoms with Gasteiger partial charge in [-0.3, -0.25) is 9.69 Å². The van der Waals surface area contributed by atoms with Crippen LogP contribution in [0.3, 0.4) is 0 Å². The van der Waals surface area contributed by atoms with Crippen LogP contribution in [-0.4, -0.2) is 45.9 Å². The van der Waals surface area contributed by atoms with Gasteiger partial charge in [-0.2, -0.15) is 0 Å². The van der Waals surface area contributed by atoms with Crippen molar-refractivity contribution in [3.63, 3.8) is 0 Å². The van der Waals surface area contributed by atoms with E-state index >= 15 is 0 Å². The van der Waals surface area contributed by atoms with Gasteiger partial charge in [-0.1, -0.05) is 0 Å². The van der Waals surface area contributed by atoms with Crippen LogP contribution in [0.2, 0.25) is 0 Å². The first-order chi connectivity index (χ1) is 14.9. The third-order valence-electron chi connectivity index (χ3n) is 4.59. The lowest BCUT2D eigenvalue weighted by molar-refractivity contribution is 0.0607. The molecule has 0 aromatic carbocycles. The molecule has 0 atom stereocenters. The zero-order valence-electron chi connectivity index (χ0n) is 17.3. The van der Waals surface area contributed by atoms with Gasteiger partial charge < -0.3 is 15.0 Å². The second kappa shape index (κ2) is 8.96. The highest BCUT2D eigenvalue weighted by molar-refractivity contribution is 7.21. The molecule has 0 aliphatic carbocycles. The summed E-state index contributed by atoms with van der Waals surface area (Å²) in [5.74, 6) is 0.115. The summed E-state index contributed by atoms with van der Waals surface area (Å²) in [5.41, 5.74) is 1.29. The number of aryl methyl sites for hydroxylation is 1. The van der Waals surface area contributed by atoms with E-state index in [1.54, 1.807) is 18.5 Å². The highest BCUT2D eigenvalue weighted by Gasteiger charge is 2.23. The van der Waals surface area contributed by atoms with Crippen molar-refractivity contribution in [3.05, 3.63) is 62.8 Å². The van der Waals surface area contributed by atoms with Crippen LogP contribution in [0.5, 0.6) is 0 Å². The minimum atomic E-state index is -0.503. The van der Waals surface area contributed by atoms with Crippen LogP contribution in [-0.2, 0) is 17.8 Å². The lowest BCUT2D eigenvalue weighted by Crippen LogP contribution is -2.18. The summed E-state index contributed by atoms with van der Waals surface area (Å²) < 4.78 is 4.93.